The predicted octanol–water partition coefficient (Wildman–Crippen LogP) is -0.192. The number of hydrogen-bond donors (Lipinski definition) is 1. The smallest absolute Gasteiger partial charge is 0.255 e. The van der Waals surface area contributed by atoms with Gasteiger partial charge in [0, 0.05) is 26.2 Å². The minimum atomic E-state index is -0.950. The van der Waals surface area contributed by atoms with Gasteiger partial charge in [0.1, 0.15) is 0 Å². The molecule has 0 aromatic carbocycles. The van der Waals surface area contributed by atoms with Crippen molar-refractivity contribution in [3.63, 3.8) is 0 Å². The van der Waals surface area contributed by atoms with Crippen LogP contribution in [0.2, 0.25) is 0 Å². The highest BCUT2D eigenvalue weighted by Crippen LogP contribution is 2.08. The summed E-state index contributed by atoms with van der Waals surface area (Å²) < 4.78 is 0. The van der Waals surface area contributed by atoms with E-state index < -0.39 is 4.84 Å². The highest BCUT2D eigenvalue weighted by Gasteiger charge is 2.23. The maximum absolute atomic E-state index is 11.2. The Morgan fingerprint density at radius 3 is 2.17 bits per heavy atom. The molecule has 0 aromatic rings. The number of rotatable bonds is 1. The molecule has 0 unspecified atom stereocenters. The van der Waals surface area contributed by atoms with Crippen molar-refractivity contribution in [1.29, 1.82) is 0 Å². The Bertz CT molecular complexity index is 168. The van der Waals surface area contributed by atoms with Crippen molar-refractivity contribution in [3.8, 4) is 0 Å². The van der Waals surface area contributed by atoms with Gasteiger partial charge < -0.3 is 4.90 Å². The summed E-state index contributed by atoms with van der Waals surface area (Å²) >= 11 is 10.9. The van der Waals surface area contributed by atoms with Gasteiger partial charge in [-0.15, -0.1) is 0 Å². The number of hydrogen-bond acceptors (Lipinski definition) is 3. The highest BCUT2D eigenvalue weighted by atomic mass is 35.5. The second-order valence-corrected chi connectivity index (χ2v) is 3.76. The molecule has 70 valence electrons. The average Bonchev–Trinajstić information content (AvgIpc) is 2.04. The summed E-state index contributed by atoms with van der Waals surface area (Å²) in [4.78, 5) is 11.9. The van der Waals surface area contributed by atoms with Crippen molar-refractivity contribution < 1.29 is 4.79 Å². The minimum absolute atomic E-state index is 0.230. The fraction of sp³-hybridized carbons (Fsp3) is 0.833. The Morgan fingerprint density at radius 2 is 1.75 bits per heavy atom. The first kappa shape index (κ1) is 10.1. The van der Waals surface area contributed by atoms with Gasteiger partial charge in [0.15, 0.2) is 4.84 Å². The predicted molar refractivity (Wildman–Crippen MR) is 47.8 cm³/mol. The molecule has 12 heavy (non-hydrogen) atoms. The van der Waals surface area contributed by atoms with Crippen molar-refractivity contribution in [2.24, 2.45) is 5.84 Å². The van der Waals surface area contributed by atoms with Crippen molar-refractivity contribution in [3.05, 3.63) is 0 Å². The Kier molecular flexibility index (Phi) is 3.58. The molecule has 1 fully saturated rings. The third-order valence-electron chi connectivity index (χ3n) is 1.81. The van der Waals surface area contributed by atoms with Crippen molar-refractivity contribution in [2.75, 3.05) is 26.2 Å². The van der Waals surface area contributed by atoms with Gasteiger partial charge in [-0.3, -0.25) is 10.6 Å². The molecule has 0 aliphatic carbocycles. The summed E-state index contributed by atoms with van der Waals surface area (Å²) in [5, 5.41) is 1.67. The van der Waals surface area contributed by atoms with Crippen LogP contribution in [-0.2, 0) is 4.79 Å². The van der Waals surface area contributed by atoms with Crippen LogP contribution >= 0.6 is 23.2 Å². The van der Waals surface area contributed by atoms with E-state index in [0.717, 1.165) is 0 Å². The van der Waals surface area contributed by atoms with E-state index in [2.05, 4.69) is 0 Å². The summed E-state index contributed by atoms with van der Waals surface area (Å²) in [5.74, 6) is 5.27. The van der Waals surface area contributed by atoms with Gasteiger partial charge in [0.2, 0.25) is 0 Å². The normalized spacial score (nSPS) is 20.2. The highest BCUT2D eigenvalue weighted by molar-refractivity contribution is 6.53. The number of nitrogens with zero attached hydrogens (tertiary/aromatic N) is 2. The molecule has 1 aliphatic heterocycles. The molecule has 0 aromatic heterocycles. The monoisotopic (exact) mass is 211 g/mol. The van der Waals surface area contributed by atoms with E-state index in [1.165, 1.54) is 0 Å². The van der Waals surface area contributed by atoms with Gasteiger partial charge in [-0.1, -0.05) is 23.2 Å². The Hall–Kier alpha value is -0.0300. The topological polar surface area (TPSA) is 49.6 Å². The molecule has 0 radical (unpaired) electrons. The lowest BCUT2D eigenvalue weighted by Gasteiger charge is -2.32. The summed E-state index contributed by atoms with van der Waals surface area (Å²) in [6, 6.07) is 0. The first-order valence-electron chi connectivity index (χ1n) is 3.68. The quantitative estimate of drug-likeness (QED) is 0.484. The van der Waals surface area contributed by atoms with Gasteiger partial charge in [-0.05, 0) is 0 Å². The summed E-state index contributed by atoms with van der Waals surface area (Å²) in [5.41, 5.74) is 0. The number of hydrazine groups is 1. The van der Waals surface area contributed by atoms with E-state index >= 15 is 0 Å². The second-order valence-electron chi connectivity index (χ2n) is 2.66. The SMILES string of the molecule is NN1CCN(C(=O)C(Cl)Cl)CC1. The molecule has 0 saturated carbocycles. The number of halogens is 2. The molecule has 0 atom stereocenters. The fourth-order valence-electron chi connectivity index (χ4n) is 1.08. The molecule has 1 saturated heterocycles. The van der Waals surface area contributed by atoms with Crippen LogP contribution in [0.15, 0.2) is 0 Å². The van der Waals surface area contributed by atoms with Gasteiger partial charge in [-0.25, -0.2) is 5.01 Å². The molecular formula is C6H11Cl2N3O. The van der Waals surface area contributed by atoms with Crippen molar-refractivity contribution in [2.45, 2.75) is 4.84 Å². The molecule has 1 amide bonds. The van der Waals surface area contributed by atoms with E-state index in [9.17, 15) is 4.79 Å². The van der Waals surface area contributed by atoms with Gasteiger partial charge in [-0.2, -0.15) is 0 Å². The third kappa shape index (κ3) is 2.48. The largest absolute Gasteiger partial charge is 0.338 e. The molecule has 0 bridgehead atoms. The van der Waals surface area contributed by atoms with Crippen molar-refractivity contribution >= 4 is 29.1 Å². The number of alkyl halides is 2. The lowest BCUT2D eigenvalue weighted by molar-refractivity contribution is -0.131. The van der Waals surface area contributed by atoms with Crippen LogP contribution in [-0.4, -0.2) is 46.8 Å². The van der Waals surface area contributed by atoms with Crippen molar-refractivity contribution in [1.82, 2.24) is 9.91 Å². The Morgan fingerprint density at radius 1 is 1.25 bits per heavy atom. The van der Waals surface area contributed by atoms with E-state index in [1.54, 1.807) is 9.91 Å². The zero-order chi connectivity index (χ0) is 9.14. The van der Waals surface area contributed by atoms with Gasteiger partial charge >= 0.3 is 0 Å². The zero-order valence-corrected chi connectivity index (χ0v) is 8.05. The van der Waals surface area contributed by atoms with E-state index in [-0.39, 0.29) is 5.91 Å². The first-order valence-corrected chi connectivity index (χ1v) is 4.55. The van der Waals surface area contributed by atoms with Crippen LogP contribution in [0.4, 0.5) is 0 Å². The third-order valence-corrected chi connectivity index (χ3v) is 2.19. The maximum atomic E-state index is 11.2. The second kappa shape index (κ2) is 4.28. The number of carbonyl (C=O) groups excluding carboxylic acids is 1. The molecule has 6 heteroatoms. The molecule has 1 rings (SSSR count). The molecule has 1 aliphatic rings. The molecule has 0 spiro atoms. The zero-order valence-electron chi connectivity index (χ0n) is 6.54. The molecule has 1 heterocycles. The van der Waals surface area contributed by atoms with Crippen LogP contribution in [0.25, 0.3) is 0 Å². The number of amides is 1. The average molecular weight is 212 g/mol. The number of piperazine rings is 1. The molecule has 2 N–H and O–H groups in total. The summed E-state index contributed by atoms with van der Waals surface area (Å²) in [6.45, 7) is 2.55. The van der Waals surface area contributed by atoms with Crippen LogP contribution in [0, 0.1) is 0 Å². The number of carbonyl (C=O) groups is 1. The molecule has 4 nitrogen and oxygen atoms in total. The van der Waals surface area contributed by atoms with Gasteiger partial charge in [0.25, 0.3) is 5.91 Å². The maximum Gasteiger partial charge on any atom is 0.255 e. The van der Waals surface area contributed by atoms with Crippen LogP contribution in [0.5, 0.6) is 0 Å². The standard InChI is InChI=1S/C6H11Cl2N3O/c7-5(8)6(12)10-1-3-11(9)4-2-10/h5H,1-4,9H2. The lowest BCUT2D eigenvalue weighted by Crippen LogP contribution is -2.52. The van der Waals surface area contributed by atoms with E-state index in [0.29, 0.717) is 26.2 Å². The van der Waals surface area contributed by atoms with Crippen LogP contribution in [0.3, 0.4) is 0 Å². The first-order chi connectivity index (χ1) is 5.61. The van der Waals surface area contributed by atoms with E-state index in [1.807, 2.05) is 0 Å². The Labute approximate surface area is 81.2 Å². The van der Waals surface area contributed by atoms with Gasteiger partial charge in [0.05, 0.1) is 0 Å². The Balaban J connectivity index is 2.39. The lowest BCUT2D eigenvalue weighted by atomic mass is 10.3. The van der Waals surface area contributed by atoms with E-state index in [4.69, 9.17) is 29.0 Å². The summed E-state index contributed by atoms with van der Waals surface area (Å²) in [7, 11) is 0. The minimum Gasteiger partial charge on any atom is -0.338 e. The summed E-state index contributed by atoms with van der Waals surface area (Å²) in [6.07, 6.45) is 0. The fourth-order valence-corrected chi connectivity index (χ4v) is 1.36. The number of nitrogens with two attached hydrogens (primary N) is 1. The molecular weight excluding hydrogens is 201 g/mol. The van der Waals surface area contributed by atoms with Crippen LogP contribution in [0.1, 0.15) is 0 Å². The van der Waals surface area contributed by atoms with Crippen LogP contribution < -0.4 is 5.84 Å².